The molecule has 2 nitrogen and oxygen atoms in total. The van der Waals surface area contributed by atoms with Crippen molar-refractivity contribution in [2.75, 3.05) is 0 Å². The largest absolute Gasteiger partial charge is 0.228 e. The first-order chi connectivity index (χ1) is 34.0. The lowest BCUT2D eigenvalue weighted by atomic mass is 9.68. The lowest BCUT2D eigenvalue weighted by molar-refractivity contribution is 0.660. The molecule has 1 aromatic heterocycles. The Morgan fingerprint density at radius 2 is 0.797 bits per heavy atom. The SMILES string of the molecule is CC1(C)c2cc3ccccc3cc2-c2c(C3=c4ccccc4=C(c4ccccc4-c4nc(-c5ccccc5-c5ccccc5)cc(-c5ccccc5-c5ccccc5)n4)C4C=CC=CC34)cccc21. The summed E-state index contributed by atoms with van der Waals surface area (Å²) >= 11 is 0. The Balaban J connectivity index is 1.07. The number of hydrogen-bond donors (Lipinski definition) is 0. The summed E-state index contributed by atoms with van der Waals surface area (Å²) in [6.07, 6.45) is 9.36. The van der Waals surface area contributed by atoms with E-state index in [0.717, 1.165) is 55.9 Å². The summed E-state index contributed by atoms with van der Waals surface area (Å²) in [6, 6.07) is 79.4. The summed E-state index contributed by atoms with van der Waals surface area (Å²) < 4.78 is 0. The molecule has 326 valence electrons. The van der Waals surface area contributed by atoms with Crippen molar-refractivity contribution in [3.05, 3.63) is 275 Å². The van der Waals surface area contributed by atoms with Gasteiger partial charge in [-0.15, -0.1) is 0 Å². The molecule has 2 atom stereocenters. The molecular weight excluding hydrogens is 833 g/mol. The normalized spacial score (nSPS) is 16.2. The first-order valence-electron chi connectivity index (χ1n) is 24.2. The molecule has 13 rings (SSSR count). The second kappa shape index (κ2) is 16.4. The van der Waals surface area contributed by atoms with Gasteiger partial charge in [-0.2, -0.15) is 0 Å². The molecule has 1 heterocycles. The molecule has 2 heteroatoms. The van der Waals surface area contributed by atoms with E-state index >= 15 is 0 Å². The minimum absolute atomic E-state index is 0.0580. The summed E-state index contributed by atoms with van der Waals surface area (Å²) in [5, 5.41) is 5.08. The molecule has 0 fully saturated rings. The summed E-state index contributed by atoms with van der Waals surface area (Å²) in [5.74, 6) is 0.843. The summed E-state index contributed by atoms with van der Waals surface area (Å²) in [5.41, 5.74) is 19.9. The highest BCUT2D eigenvalue weighted by molar-refractivity contribution is 5.99. The molecule has 9 aromatic carbocycles. The van der Waals surface area contributed by atoms with E-state index in [9.17, 15) is 0 Å². The van der Waals surface area contributed by atoms with Crippen molar-refractivity contribution >= 4 is 21.9 Å². The van der Waals surface area contributed by atoms with Gasteiger partial charge in [0.05, 0.1) is 11.4 Å². The number of hydrogen-bond acceptors (Lipinski definition) is 2. The maximum Gasteiger partial charge on any atom is 0.161 e. The minimum atomic E-state index is -0.145. The molecule has 0 radical (unpaired) electrons. The van der Waals surface area contributed by atoms with Crippen molar-refractivity contribution in [2.45, 2.75) is 19.3 Å². The number of benzene rings is 9. The van der Waals surface area contributed by atoms with E-state index in [1.165, 1.54) is 60.2 Å². The third kappa shape index (κ3) is 6.70. The average molecular weight is 881 g/mol. The van der Waals surface area contributed by atoms with Crippen LogP contribution in [-0.2, 0) is 5.41 Å². The van der Waals surface area contributed by atoms with Crippen molar-refractivity contribution in [1.29, 1.82) is 0 Å². The van der Waals surface area contributed by atoms with Gasteiger partial charge in [0, 0.05) is 33.9 Å². The molecule has 3 aliphatic rings. The van der Waals surface area contributed by atoms with Crippen molar-refractivity contribution in [1.82, 2.24) is 9.97 Å². The van der Waals surface area contributed by atoms with Gasteiger partial charge < -0.3 is 0 Å². The van der Waals surface area contributed by atoms with Gasteiger partial charge in [0.1, 0.15) is 0 Å². The lowest BCUT2D eigenvalue weighted by Crippen LogP contribution is -2.40. The molecule has 69 heavy (non-hydrogen) atoms. The van der Waals surface area contributed by atoms with E-state index in [0.29, 0.717) is 5.82 Å². The quantitative estimate of drug-likeness (QED) is 0.159. The zero-order valence-corrected chi connectivity index (χ0v) is 38.6. The molecule has 0 amide bonds. The van der Waals surface area contributed by atoms with Gasteiger partial charge in [-0.3, -0.25) is 0 Å². The molecule has 0 saturated heterocycles. The monoisotopic (exact) mass is 880 g/mol. The van der Waals surface area contributed by atoms with E-state index in [4.69, 9.17) is 9.97 Å². The van der Waals surface area contributed by atoms with E-state index < -0.39 is 0 Å². The molecule has 0 spiro atoms. The Kier molecular flexibility index (Phi) is 9.69. The summed E-state index contributed by atoms with van der Waals surface area (Å²) in [4.78, 5) is 11.2. The number of rotatable bonds is 7. The van der Waals surface area contributed by atoms with Crippen LogP contribution in [0.15, 0.2) is 243 Å². The molecule has 3 aliphatic carbocycles. The molecule has 2 unspecified atom stereocenters. The van der Waals surface area contributed by atoms with Gasteiger partial charge in [-0.1, -0.05) is 238 Å². The Morgan fingerprint density at radius 1 is 0.348 bits per heavy atom. The van der Waals surface area contributed by atoms with Crippen molar-refractivity contribution in [3.8, 4) is 67.3 Å². The van der Waals surface area contributed by atoms with E-state index in [2.05, 4.69) is 257 Å². The second-order valence-electron chi connectivity index (χ2n) is 19.1. The van der Waals surface area contributed by atoms with E-state index in [1.807, 2.05) is 0 Å². The highest BCUT2D eigenvalue weighted by Gasteiger charge is 2.40. The molecule has 0 saturated carbocycles. The fourth-order valence-corrected chi connectivity index (χ4v) is 11.7. The number of aromatic nitrogens is 2. The standard InChI is InChI=1S/C67H48N2/c1-67(2)59-39-21-38-57(65(59)58-40-45-26-9-10-27-46(45)41-60(58)67)64-53-34-17-15-32-51(53)63(52-33-16-18-35-54(52)64)55-36-19-20-37-56(55)66-68-61(49-30-13-11-28-47(49)43-22-5-3-6-23-43)42-62(69-66)50-31-14-12-29-48(50)44-24-7-4-8-25-44/h3-42,51,53H,1-2H3. The zero-order valence-electron chi connectivity index (χ0n) is 38.6. The van der Waals surface area contributed by atoms with Crippen LogP contribution in [0, 0.1) is 11.8 Å². The van der Waals surface area contributed by atoms with Crippen LogP contribution in [0.4, 0.5) is 0 Å². The highest BCUT2D eigenvalue weighted by Crippen LogP contribution is 2.54. The van der Waals surface area contributed by atoms with Gasteiger partial charge >= 0.3 is 0 Å². The van der Waals surface area contributed by atoms with Gasteiger partial charge in [0.25, 0.3) is 0 Å². The maximum atomic E-state index is 5.60. The Morgan fingerprint density at radius 3 is 1.38 bits per heavy atom. The average Bonchev–Trinajstić information content (AvgIpc) is 3.64. The van der Waals surface area contributed by atoms with Crippen LogP contribution in [-0.4, -0.2) is 9.97 Å². The second-order valence-corrected chi connectivity index (χ2v) is 19.1. The molecule has 0 N–H and O–H groups in total. The Labute approximate surface area is 403 Å². The predicted octanol–water partition coefficient (Wildman–Crippen LogP) is 15.0. The minimum Gasteiger partial charge on any atom is -0.228 e. The fourth-order valence-electron chi connectivity index (χ4n) is 11.7. The van der Waals surface area contributed by atoms with E-state index in [-0.39, 0.29) is 17.3 Å². The highest BCUT2D eigenvalue weighted by atomic mass is 14.9. The van der Waals surface area contributed by atoms with Gasteiger partial charge in [0.2, 0.25) is 0 Å². The summed E-state index contributed by atoms with van der Waals surface area (Å²) in [6.45, 7) is 4.79. The van der Waals surface area contributed by atoms with Crippen LogP contribution in [0.25, 0.3) is 89.2 Å². The first kappa shape index (κ1) is 40.8. The number of nitrogens with zero attached hydrogens (tertiary/aromatic N) is 2. The van der Waals surface area contributed by atoms with Gasteiger partial charge in [-0.05, 0) is 106 Å². The van der Waals surface area contributed by atoms with Crippen molar-refractivity contribution in [3.63, 3.8) is 0 Å². The summed E-state index contributed by atoms with van der Waals surface area (Å²) in [7, 11) is 0. The lowest BCUT2D eigenvalue weighted by Gasteiger charge is -2.34. The van der Waals surface area contributed by atoms with E-state index in [1.54, 1.807) is 0 Å². The van der Waals surface area contributed by atoms with Crippen LogP contribution >= 0.6 is 0 Å². The van der Waals surface area contributed by atoms with Crippen LogP contribution in [0.1, 0.15) is 36.1 Å². The first-order valence-corrected chi connectivity index (χ1v) is 24.2. The molecule has 0 bridgehead atoms. The van der Waals surface area contributed by atoms with Gasteiger partial charge in [-0.25, -0.2) is 9.97 Å². The van der Waals surface area contributed by atoms with Gasteiger partial charge in [0.15, 0.2) is 5.82 Å². The topological polar surface area (TPSA) is 25.8 Å². The van der Waals surface area contributed by atoms with Crippen molar-refractivity contribution in [2.24, 2.45) is 11.8 Å². The number of fused-ring (bicyclic) bond motifs is 6. The smallest absolute Gasteiger partial charge is 0.161 e. The zero-order chi connectivity index (χ0) is 46.1. The van der Waals surface area contributed by atoms with Crippen LogP contribution in [0.3, 0.4) is 0 Å². The molecule has 10 aromatic rings. The number of allylic oxidation sites excluding steroid dienone is 4. The fraction of sp³-hybridized carbons (Fsp3) is 0.0746. The molecular formula is C67H48N2. The molecule has 0 aliphatic heterocycles. The maximum absolute atomic E-state index is 5.60. The van der Waals surface area contributed by atoms with Crippen LogP contribution in [0.2, 0.25) is 0 Å². The Hall–Kier alpha value is -8.46. The predicted molar refractivity (Wildman–Crippen MR) is 287 cm³/mol. The van der Waals surface area contributed by atoms with Crippen molar-refractivity contribution < 1.29 is 0 Å². The Bertz CT molecular complexity index is 3770. The third-order valence-corrected chi connectivity index (χ3v) is 14.9. The third-order valence-electron chi connectivity index (χ3n) is 14.9. The van der Waals surface area contributed by atoms with Crippen LogP contribution in [0.5, 0.6) is 0 Å². The van der Waals surface area contributed by atoms with Crippen LogP contribution < -0.4 is 10.4 Å².